The molecule has 0 aromatic rings. The van der Waals surface area contributed by atoms with E-state index >= 15 is 0 Å². The Hall–Kier alpha value is -0.0700. The van der Waals surface area contributed by atoms with E-state index in [1.807, 2.05) is 0 Å². The van der Waals surface area contributed by atoms with Gasteiger partial charge in [0.1, 0.15) is 0 Å². The van der Waals surface area contributed by atoms with Crippen molar-refractivity contribution in [3.8, 4) is 0 Å². The van der Waals surface area contributed by atoms with Gasteiger partial charge in [0.25, 0.3) is 0 Å². The van der Waals surface area contributed by atoms with Gasteiger partial charge in [-0.3, -0.25) is 4.39 Å². The molecule has 3 aliphatic carbocycles. The Kier molecular flexibility index (Phi) is 10.2. The summed E-state index contributed by atoms with van der Waals surface area (Å²) in [5, 5.41) is 0. The lowest BCUT2D eigenvalue weighted by atomic mass is 9.65. The van der Waals surface area contributed by atoms with Gasteiger partial charge in [0.15, 0.2) is 0 Å². The Morgan fingerprint density at radius 3 is 1.36 bits per heavy atom. The highest BCUT2D eigenvalue weighted by Crippen LogP contribution is 2.46. The third kappa shape index (κ3) is 7.02. The van der Waals surface area contributed by atoms with Crippen molar-refractivity contribution < 1.29 is 4.39 Å². The van der Waals surface area contributed by atoms with Gasteiger partial charge in [-0.15, -0.1) is 0 Å². The molecule has 0 aromatic carbocycles. The van der Waals surface area contributed by atoms with E-state index in [4.69, 9.17) is 0 Å². The quantitative estimate of drug-likeness (QED) is 0.325. The molecule has 0 amide bonds. The van der Waals surface area contributed by atoms with Crippen molar-refractivity contribution in [2.45, 2.75) is 129 Å². The van der Waals surface area contributed by atoms with Gasteiger partial charge in [0, 0.05) is 0 Å². The summed E-state index contributed by atoms with van der Waals surface area (Å²) >= 11 is 0. The first-order chi connectivity index (χ1) is 13.8. The highest BCUT2D eigenvalue weighted by Gasteiger charge is 2.34. The summed E-state index contributed by atoms with van der Waals surface area (Å²) in [6.07, 6.45) is 27.4. The van der Waals surface area contributed by atoms with E-state index in [0.29, 0.717) is 5.92 Å². The van der Waals surface area contributed by atoms with Gasteiger partial charge in [-0.2, -0.15) is 0 Å². The smallest absolute Gasteiger partial charge is 0.0922 e. The molecule has 0 saturated heterocycles. The van der Waals surface area contributed by atoms with Crippen LogP contribution in [0.4, 0.5) is 4.39 Å². The summed E-state index contributed by atoms with van der Waals surface area (Å²) in [6.45, 7) is 2.24. The maximum atomic E-state index is 12.9. The average molecular weight is 393 g/mol. The standard InChI is InChI=1S/C27H49F/c1-2-3-4-5-6-7-8-22-9-13-24(14-10-22)26-17-19-27(20-18-26)25-15-11-23(21-28)12-16-25/h22-27H,2-21H2,1H3. The van der Waals surface area contributed by atoms with Gasteiger partial charge in [0.05, 0.1) is 6.67 Å². The van der Waals surface area contributed by atoms with E-state index in [9.17, 15) is 4.39 Å². The van der Waals surface area contributed by atoms with E-state index in [1.54, 1.807) is 0 Å². The minimum absolute atomic E-state index is 0.0685. The number of halogens is 1. The lowest BCUT2D eigenvalue weighted by Gasteiger charge is -2.41. The first-order valence-corrected chi connectivity index (χ1v) is 13.4. The molecule has 0 aliphatic heterocycles. The van der Waals surface area contributed by atoms with E-state index in [-0.39, 0.29) is 6.67 Å². The minimum Gasteiger partial charge on any atom is -0.251 e. The van der Waals surface area contributed by atoms with Crippen molar-refractivity contribution in [2.24, 2.45) is 35.5 Å². The van der Waals surface area contributed by atoms with Crippen LogP contribution in [-0.2, 0) is 0 Å². The van der Waals surface area contributed by atoms with Crippen molar-refractivity contribution in [2.75, 3.05) is 6.67 Å². The van der Waals surface area contributed by atoms with Crippen molar-refractivity contribution in [1.82, 2.24) is 0 Å². The fourth-order valence-electron chi connectivity index (χ4n) is 7.06. The predicted molar refractivity (Wildman–Crippen MR) is 120 cm³/mol. The summed E-state index contributed by atoms with van der Waals surface area (Å²) in [4.78, 5) is 0. The van der Waals surface area contributed by atoms with Crippen LogP contribution in [0.2, 0.25) is 0 Å². The summed E-state index contributed by atoms with van der Waals surface area (Å²) in [6, 6.07) is 0. The number of hydrogen-bond acceptors (Lipinski definition) is 0. The van der Waals surface area contributed by atoms with Gasteiger partial charge >= 0.3 is 0 Å². The molecule has 3 aliphatic rings. The zero-order chi connectivity index (χ0) is 19.6. The first-order valence-electron chi connectivity index (χ1n) is 13.4. The number of hydrogen-bond donors (Lipinski definition) is 0. The molecular formula is C27H49F. The van der Waals surface area contributed by atoms with Crippen LogP contribution in [0, 0.1) is 35.5 Å². The lowest BCUT2D eigenvalue weighted by Crippen LogP contribution is -2.30. The summed E-state index contributed by atoms with van der Waals surface area (Å²) in [7, 11) is 0. The molecule has 0 bridgehead atoms. The second-order valence-corrected chi connectivity index (χ2v) is 10.9. The summed E-state index contributed by atoms with van der Waals surface area (Å²) < 4.78 is 12.9. The second-order valence-electron chi connectivity index (χ2n) is 10.9. The van der Waals surface area contributed by atoms with Crippen LogP contribution < -0.4 is 0 Å². The predicted octanol–water partition coefficient (Wildman–Crippen LogP) is 9.13. The van der Waals surface area contributed by atoms with Crippen LogP contribution >= 0.6 is 0 Å². The zero-order valence-corrected chi connectivity index (χ0v) is 19.0. The Balaban J connectivity index is 1.26. The number of rotatable bonds is 10. The lowest BCUT2D eigenvalue weighted by molar-refractivity contribution is 0.0998. The topological polar surface area (TPSA) is 0 Å². The molecule has 0 radical (unpaired) electrons. The molecule has 0 nitrogen and oxygen atoms in total. The fourth-order valence-corrected chi connectivity index (χ4v) is 7.06. The van der Waals surface area contributed by atoms with Crippen molar-refractivity contribution in [3.63, 3.8) is 0 Å². The van der Waals surface area contributed by atoms with Crippen molar-refractivity contribution in [1.29, 1.82) is 0 Å². The summed E-state index contributed by atoms with van der Waals surface area (Å²) in [5.41, 5.74) is 0. The number of unbranched alkanes of at least 4 members (excludes halogenated alkanes) is 5. The maximum Gasteiger partial charge on any atom is 0.0922 e. The molecule has 28 heavy (non-hydrogen) atoms. The molecule has 1 heteroatoms. The van der Waals surface area contributed by atoms with Crippen LogP contribution in [0.15, 0.2) is 0 Å². The van der Waals surface area contributed by atoms with Crippen molar-refractivity contribution >= 4 is 0 Å². The van der Waals surface area contributed by atoms with Gasteiger partial charge in [-0.1, -0.05) is 64.7 Å². The molecule has 3 fully saturated rings. The molecular weight excluding hydrogens is 343 g/mol. The van der Waals surface area contributed by atoms with Gasteiger partial charge in [-0.25, -0.2) is 0 Å². The molecule has 3 rings (SSSR count). The molecule has 0 spiro atoms. The maximum absolute atomic E-state index is 12.9. The zero-order valence-electron chi connectivity index (χ0n) is 19.0. The van der Waals surface area contributed by atoms with Gasteiger partial charge in [-0.05, 0) is 99.7 Å². The van der Waals surface area contributed by atoms with Crippen LogP contribution in [0.1, 0.15) is 129 Å². The Morgan fingerprint density at radius 2 is 0.893 bits per heavy atom. The average Bonchev–Trinajstić information content (AvgIpc) is 2.77. The molecule has 0 atom stereocenters. The third-order valence-electron chi connectivity index (χ3n) is 9.12. The molecule has 0 heterocycles. The highest BCUT2D eigenvalue weighted by molar-refractivity contribution is 4.85. The summed E-state index contributed by atoms with van der Waals surface area (Å²) in [5.74, 6) is 5.50. The monoisotopic (exact) mass is 392 g/mol. The normalized spacial score (nSPS) is 37.1. The molecule has 3 saturated carbocycles. The van der Waals surface area contributed by atoms with Crippen LogP contribution in [-0.4, -0.2) is 6.67 Å². The molecule has 0 unspecified atom stereocenters. The molecule has 164 valence electrons. The first kappa shape index (κ1) is 22.6. The third-order valence-corrected chi connectivity index (χ3v) is 9.12. The second kappa shape index (κ2) is 12.6. The van der Waals surface area contributed by atoms with Crippen LogP contribution in [0.5, 0.6) is 0 Å². The SMILES string of the molecule is CCCCCCCCC1CCC(C2CCC(C3CCC(CF)CC3)CC2)CC1. The Labute approximate surface area is 175 Å². The van der Waals surface area contributed by atoms with Crippen molar-refractivity contribution in [3.05, 3.63) is 0 Å². The molecule has 0 aromatic heterocycles. The fraction of sp³-hybridized carbons (Fsp3) is 1.00. The van der Waals surface area contributed by atoms with Gasteiger partial charge in [0.2, 0.25) is 0 Å². The molecule has 0 N–H and O–H groups in total. The van der Waals surface area contributed by atoms with E-state index < -0.39 is 0 Å². The highest BCUT2D eigenvalue weighted by atomic mass is 19.1. The number of alkyl halides is 1. The van der Waals surface area contributed by atoms with E-state index in [1.165, 1.54) is 122 Å². The Morgan fingerprint density at radius 1 is 0.500 bits per heavy atom. The Bertz CT molecular complexity index is 381. The largest absolute Gasteiger partial charge is 0.251 e. The van der Waals surface area contributed by atoms with Crippen LogP contribution in [0.3, 0.4) is 0 Å². The minimum atomic E-state index is -0.0685. The van der Waals surface area contributed by atoms with Crippen LogP contribution in [0.25, 0.3) is 0 Å². The van der Waals surface area contributed by atoms with Gasteiger partial charge < -0.3 is 0 Å². The van der Waals surface area contributed by atoms with E-state index in [2.05, 4.69) is 6.92 Å². The van der Waals surface area contributed by atoms with E-state index in [0.717, 1.165) is 29.6 Å².